The van der Waals surface area contributed by atoms with E-state index in [4.69, 9.17) is 0 Å². The highest BCUT2D eigenvalue weighted by atomic mass is 16.5. The number of aromatic nitrogens is 1. The van der Waals surface area contributed by atoms with Crippen molar-refractivity contribution < 1.29 is 9.32 Å². The van der Waals surface area contributed by atoms with Crippen molar-refractivity contribution in [1.29, 1.82) is 0 Å². The normalized spacial score (nSPS) is 25.4. The van der Waals surface area contributed by atoms with Gasteiger partial charge in [-0.15, -0.1) is 0 Å². The van der Waals surface area contributed by atoms with Gasteiger partial charge in [0.25, 0.3) is 0 Å². The Labute approximate surface area is 88.2 Å². The molecule has 1 aliphatic rings. The van der Waals surface area contributed by atoms with Crippen LogP contribution in [-0.2, 0) is 4.79 Å². The molecule has 1 aromatic rings. The fraction of sp³-hybridized carbons (Fsp3) is 0.600. The minimum absolute atomic E-state index is 0.0539. The van der Waals surface area contributed by atoms with Crippen LogP contribution in [0.5, 0.6) is 0 Å². The van der Waals surface area contributed by atoms with E-state index < -0.39 is 0 Å². The summed E-state index contributed by atoms with van der Waals surface area (Å²) in [4.78, 5) is 12.0. The van der Waals surface area contributed by atoms with Crippen molar-refractivity contribution in [2.45, 2.75) is 19.8 Å². The third-order valence-corrected chi connectivity index (χ3v) is 3.09. The number of nitrogens with one attached hydrogen (secondary N) is 2. The second-order valence-corrected chi connectivity index (χ2v) is 3.93. The van der Waals surface area contributed by atoms with Crippen LogP contribution in [0.1, 0.15) is 19.8 Å². The predicted octanol–water partition coefficient (Wildman–Crippen LogP) is 1.00. The zero-order chi connectivity index (χ0) is 10.7. The summed E-state index contributed by atoms with van der Waals surface area (Å²) in [5.41, 5.74) is 0.358. The van der Waals surface area contributed by atoms with Gasteiger partial charge < -0.3 is 15.2 Å². The lowest BCUT2D eigenvalue weighted by Gasteiger charge is -2.24. The van der Waals surface area contributed by atoms with Crippen LogP contribution in [0.2, 0.25) is 0 Å². The van der Waals surface area contributed by atoms with Crippen molar-refractivity contribution in [3.05, 3.63) is 12.5 Å². The summed E-state index contributed by atoms with van der Waals surface area (Å²) < 4.78 is 4.66. The van der Waals surface area contributed by atoms with Crippen molar-refractivity contribution in [3.8, 4) is 0 Å². The van der Waals surface area contributed by atoms with Crippen molar-refractivity contribution in [2.24, 2.45) is 5.41 Å². The second-order valence-electron chi connectivity index (χ2n) is 3.93. The van der Waals surface area contributed by atoms with E-state index >= 15 is 0 Å². The molecule has 1 saturated heterocycles. The zero-order valence-corrected chi connectivity index (χ0v) is 8.75. The molecule has 1 aromatic heterocycles. The lowest BCUT2D eigenvalue weighted by atomic mass is 9.83. The van der Waals surface area contributed by atoms with Gasteiger partial charge in [0.05, 0.1) is 11.6 Å². The number of anilines is 1. The number of carbonyl (C=O) groups excluding carboxylic acids is 1. The van der Waals surface area contributed by atoms with Gasteiger partial charge in [0, 0.05) is 6.54 Å². The number of hydrogen-bond donors (Lipinski definition) is 2. The zero-order valence-electron chi connectivity index (χ0n) is 8.75. The van der Waals surface area contributed by atoms with E-state index in [0.29, 0.717) is 5.69 Å². The maximum absolute atomic E-state index is 12.0. The molecule has 15 heavy (non-hydrogen) atoms. The van der Waals surface area contributed by atoms with E-state index in [9.17, 15) is 4.79 Å². The summed E-state index contributed by atoms with van der Waals surface area (Å²) in [6.07, 6.45) is 4.67. The molecule has 0 aliphatic carbocycles. The molecule has 5 heteroatoms. The number of hydrogen-bond acceptors (Lipinski definition) is 4. The molecule has 1 unspecified atom stereocenters. The number of amides is 1. The molecule has 1 atom stereocenters. The largest absolute Gasteiger partial charge is 0.363 e. The Hall–Kier alpha value is -1.36. The molecule has 2 rings (SSSR count). The predicted molar refractivity (Wildman–Crippen MR) is 55.3 cm³/mol. The summed E-state index contributed by atoms with van der Waals surface area (Å²) in [6.45, 7) is 3.70. The molecule has 0 bridgehead atoms. The van der Waals surface area contributed by atoms with Gasteiger partial charge in [-0.3, -0.25) is 4.79 Å². The quantitative estimate of drug-likeness (QED) is 0.779. The maximum atomic E-state index is 12.0. The molecule has 0 radical (unpaired) electrons. The second kappa shape index (κ2) is 4.02. The SMILES string of the molecule is CCC1(C(=O)Nc2cnoc2)CCNC1. The molecule has 1 amide bonds. The fourth-order valence-electron chi connectivity index (χ4n) is 1.93. The molecule has 0 aromatic carbocycles. The molecular formula is C10H15N3O2. The Balaban J connectivity index is 2.06. The highest BCUT2D eigenvalue weighted by Crippen LogP contribution is 2.30. The number of nitrogens with zero attached hydrogens (tertiary/aromatic N) is 1. The first-order valence-electron chi connectivity index (χ1n) is 5.18. The van der Waals surface area contributed by atoms with Crippen LogP contribution in [0.3, 0.4) is 0 Å². The van der Waals surface area contributed by atoms with Crippen molar-refractivity contribution in [3.63, 3.8) is 0 Å². The lowest BCUT2D eigenvalue weighted by molar-refractivity contribution is -0.124. The minimum Gasteiger partial charge on any atom is -0.363 e. The molecule has 1 fully saturated rings. The standard InChI is InChI=1S/C10H15N3O2/c1-2-10(3-4-11-7-10)9(14)13-8-5-12-15-6-8/h5-6,11H,2-4,7H2,1H3,(H,13,14). The van der Waals surface area contributed by atoms with Gasteiger partial charge in [-0.2, -0.15) is 0 Å². The highest BCUT2D eigenvalue weighted by Gasteiger charge is 2.39. The van der Waals surface area contributed by atoms with E-state index in [2.05, 4.69) is 20.3 Å². The molecule has 0 saturated carbocycles. The van der Waals surface area contributed by atoms with Crippen molar-refractivity contribution in [1.82, 2.24) is 10.5 Å². The van der Waals surface area contributed by atoms with Crippen LogP contribution in [0, 0.1) is 5.41 Å². The Morgan fingerprint density at radius 1 is 1.80 bits per heavy atom. The smallest absolute Gasteiger partial charge is 0.232 e. The Morgan fingerprint density at radius 3 is 3.20 bits per heavy atom. The molecule has 2 N–H and O–H groups in total. The summed E-state index contributed by atoms with van der Waals surface area (Å²) in [5.74, 6) is 0.0539. The van der Waals surface area contributed by atoms with Crippen LogP contribution in [-0.4, -0.2) is 24.2 Å². The van der Waals surface area contributed by atoms with Gasteiger partial charge in [0.15, 0.2) is 0 Å². The Bertz CT molecular complexity index is 328. The first-order chi connectivity index (χ1) is 7.27. The maximum Gasteiger partial charge on any atom is 0.232 e. The topological polar surface area (TPSA) is 67.2 Å². The van der Waals surface area contributed by atoms with E-state index in [0.717, 1.165) is 25.9 Å². The number of rotatable bonds is 3. The monoisotopic (exact) mass is 209 g/mol. The van der Waals surface area contributed by atoms with Gasteiger partial charge in [-0.25, -0.2) is 0 Å². The number of carbonyl (C=O) groups is 1. The van der Waals surface area contributed by atoms with E-state index in [1.165, 1.54) is 12.5 Å². The summed E-state index contributed by atoms with van der Waals surface area (Å²) in [5, 5.41) is 9.59. The molecule has 5 nitrogen and oxygen atoms in total. The van der Waals surface area contributed by atoms with Crippen LogP contribution in [0.4, 0.5) is 5.69 Å². The lowest BCUT2D eigenvalue weighted by Crippen LogP contribution is -2.37. The van der Waals surface area contributed by atoms with Crippen molar-refractivity contribution in [2.75, 3.05) is 18.4 Å². The van der Waals surface area contributed by atoms with Gasteiger partial charge in [-0.05, 0) is 19.4 Å². The van der Waals surface area contributed by atoms with Crippen LogP contribution < -0.4 is 10.6 Å². The van der Waals surface area contributed by atoms with Crippen LogP contribution in [0.15, 0.2) is 17.0 Å². The first kappa shape index (κ1) is 10.2. The van der Waals surface area contributed by atoms with Crippen molar-refractivity contribution >= 4 is 11.6 Å². The molecular weight excluding hydrogens is 194 g/mol. The average molecular weight is 209 g/mol. The third-order valence-electron chi connectivity index (χ3n) is 3.09. The third kappa shape index (κ3) is 1.87. The fourth-order valence-corrected chi connectivity index (χ4v) is 1.93. The van der Waals surface area contributed by atoms with E-state index in [1.807, 2.05) is 6.92 Å². The highest BCUT2D eigenvalue weighted by molar-refractivity contribution is 5.95. The molecule has 2 heterocycles. The van der Waals surface area contributed by atoms with Gasteiger partial charge in [0.2, 0.25) is 5.91 Å². The van der Waals surface area contributed by atoms with Crippen LogP contribution >= 0.6 is 0 Å². The average Bonchev–Trinajstić information content (AvgIpc) is 2.87. The minimum atomic E-state index is -0.267. The van der Waals surface area contributed by atoms with E-state index in [-0.39, 0.29) is 11.3 Å². The summed E-state index contributed by atoms with van der Waals surface area (Å²) in [6, 6.07) is 0. The summed E-state index contributed by atoms with van der Waals surface area (Å²) in [7, 11) is 0. The van der Waals surface area contributed by atoms with Gasteiger partial charge in [0.1, 0.15) is 12.0 Å². The molecule has 0 spiro atoms. The Kier molecular flexibility index (Phi) is 2.73. The Morgan fingerprint density at radius 2 is 2.67 bits per heavy atom. The van der Waals surface area contributed by atoms with E-state index in [1.54, 1.807) is 0 Å². The van der Waals surface area contributed by atoms with Gasteiger partial charge >= 0.3 is 0 Å². The first-order valence-corrected chi connectivity index (χ1v) is 5.18. The molecule has 82 valence electrons. The van der Waals surface area contributed by atoms with Gasteiger partial charge in [-0.1, -0.05) is 12.1 Å². The molecule has 1 aliphatic heterocycles. The summed E-state index contributed by atoms with van der Waals surface area (Å²) >= 11 is 0. The van der Waals surface area contributed by atoms with Crippen LogP contribution in [0.25, 0.3) is 0 Å².